The van der Waals surface area contributed by atoms with Crippen LogP contribution in [-0.2, 0) is 4.79 Å². The number of non-ortho nitro benzene ring substituents is 1. The summed E-state index contributed by atoms with van der Waals surface area (Å²) in [5.41, 5.74) is -0.209. The Kier molecular flexibility index (Phi) is 4.72. The van der Waals surface area contributed by atoms with Crippen LogP contribution < -0.4 is 4.74 Å². The van der Waals surface area contributed by atoms with Gasteiger partial charge in [-0.15, -0.1) is 0 Å². The molecular weight excluding hydrogens is 269 g/mol. The van der Waals surface area contributed by atoms with Crippen LogP contribution in [0.15, 0.2) is 12.1 Å². The van der Waals surface area contributed by atoms with Gasteiger partial charge in [0.15, 0.2) is 5.75 Å². The molecule has 0 heterocycles. The molecule has 0 aliphatic rings. The number of Topliss-reactive ketones (excluding diaryl/α,β-unsaturated/α-hetero) is 1. The average molecular weight is 278 g/mol. The molecule has 0 saturated heterocycles. The Morgan fingerprint density at radius 3 is 2.35 bits per heavy atom. The zero-order valence-corrected chi connectivity index (χ0v) is 10.4. The highest BCUT2D eigenvalue weighted by Gasteiger charge is 2.15. The first-order chi connectivity index (χ1) is 7.91. The normalized spacial score (nSPS) is 10.1. The molecule has 17 heavy (non-hydrogen) atoms. The van der Waals surface area contributed by atoms with Gasteiger partial charge in [0, 0.05) is 18.6 Å². The molecular formula is C10H9Cl2NO4. The first kappa shape index (κ1) is 13.7. The fraction of sp³-hybridized carbons (Fsp3) is 0.300. The van der Waals surface area contributed by atoms with E-state index in [-0.39, 0.29) is 40.3 Å². The van der Waals surface area contributed by atoms with Gasteiger partial charge in [-0.3, -0.25) is 14.9 Å². The van der Waals surface area contributed by atoms with E-state index in [1.807, 2.05) is 0 Å². The van der Waals surface area contributed by atoms with E-state index >= 15 is 0 Å². The maximum atomic E-state index is 10.7. The Labute approximate surface area is 107 Å². The highest BCUT2D eigenvalue weighted by atomic mass is 35.5. The summed E-state index contributed by atoms with van der Waals surface area (Å²) in [6, 6.07) is 2.30. The van der Waals surface area contributed by atoms with E-state index in [4.69, 9.17) is 27.9 Å². The third-order valence-corrected chi connectivity index (χ3v) is 2.46. The minimum Gasteiger partial charge on any atom is -0.490 e. The Balaban J connectivity index is 2.86. The fourth-order valence-corrected chi connectivity index (χ4v) is 1.67. The Bertz CT molecular complexity index is 439. The number of benzene rings is 1. The molecule has 0 aromatic heterocycles. The van der Waals surface area contributed by atoms with Crippen LogP contribution in [0, 0.1) is 10.1 Å². The van der Waals surface area contributed by atoms with Crippen LogP contribution in [0.1, 0.15) is 13.3 Å². The van der Waals surface area contributed by atoms with Gasteiger partial charge >= 0.3 is 0 Å². The summed E-state index contributed by atoms with van der Waals surface area (Å²) in [5.74, 6) is 0.124. The van der Waals surface area contributed by atoms with Crippen LogP contribution in [-0.4, -0.2) is 17.3 Å². The quantitative estimate of drug-likeness (QED) is 0.612. The monoisotopic (exact) mass is 277 g/mol. The number of nitro benzene ring substituents is 1. The van der Waals surface area contributed by atoms with Crippen molar-refractivity contribution in [1.82, 2.24) is 0 Å². The Morgan fingerprint density at radius 1 is 1.41 bits per heavy atom. The lowest BCUT2D eigenvalue weighted by Crippen LogP contribution is -2.03. The standard InChI is InChI=1S/C10H9Cl2NO4/c1-6(14)2-3-17-10-8(11)4-7(13(15)16)5-9(10)12/h4-5H,2-3H2,1H3. The zero-order chi connectivity index (χ0) is 13.0. The predicted octanol–water partition coefficient (Wildman–Crippen LogP) is 3.26. The van der Waals surface area contributed by atoms with E-state index < -0.39 is 4.92 Å². The van der Waals surface area contributed by atoms with Crippen LogP contribution in [0.3, 0.4) is 0 Å². The molecule has 1 aromatic rings. The van der Waals surface area contributed by atoms with Gasteiger partial charge in [-0.2, -0.15) is 0 Å². The molecule has 92 valence electrons. The molecule has 1 aromatic carbocycles. The van der Waals surface area contributed by atoms with E-state index in [9.17, 15) is 14.9 Å². The molecule has 0 atom stereocenters. The summed E-state index contributed by atoms with van der Waals surface area (Å²) < 4.78 is 5.21. The van der Waals surface area contributed by atoms with Crippen LogP contribution in [0.25, 0.3) is 0 Å². The lowest BCUT2D eigenvalue weighted by Gasteiger charge is -2.08. The van der Waals surface area contributed by atoms with Crippen LogP contribution >= 0.6 is 23.2 Å². The number of nitro groups is 1. The summed E-state index contributed by atoms with van der Waals surface area (Å²) in [7, 11) is 0. The van der Waals surface area contributed by atoms with Crippen molar-refractivity contribution in [2.75, 3.05) is 6.61 Å². The van der Waals surface area contributed by atoms with Crippen LogP contribution in [0.2, 0.25) is 10.0 Å². The number of rotatable bonds is 5. The lowest BCUT2D eigenvalue weighted by molar-refractivity contribution is -0.384. The van der Waals surface area contributed by atoms with Crippen molar-refractivity contribution in [3.8, 4) is 5.75 Å². The van der Waals surface area contributed by atoms with Crippen molar-refractivity contribution in [3.63, 3.8) is 0 Å². The zero-order valence-electron chi connectivity index (χ0n) is 8.91. The summed E-state index contributed by atoms with van der Waals surface area (Å²) in [4.78, 5) is 20.6. The van der Waals surface area contributed by atoms with E-state index in [0.29, 0.717) is 0 Å². The number of hydrogen-bond acceptors (Lipinski definition) is 4. The molecule has 5 nitrogen and oxygen atoms in total. The molecule has 0 N–H and O–H groups in total. The van der Waals surface area contributed by atoms with E-state index in [1.54, 1.807) is 0 Å². The second kappa shape index (κ2) is 5.84. The highest BCUT2D eigenvalue weighted by molar-refractivity contribution is 6.37. The largest absolute Gasteiger partial charge is 0.490 e. The molecule has 0 saturated carbocycles. The molecule has 1 rings (SSSR count). The van der Waals surface area contributed by atoms with Gasteiger partial charge in [0.25, 0.3) is 5.69 Å². The number of halogens is 2. The van der Waals surface area contributed by atoms with Crippen molar-refractivity contribution in [3.05, 3.63) is 32.3 Å². The SMILES string of the molecule is CC(=O)CCOc1c(Cl)cc([N+](=O)[O-])cc1Cl. The van der Waals surface area contributed by atoms with Gasteiger partial charge in [0.2, 0.25) is 0 Å². The summed E-state index contributed by atoms with van der Waals surface area (Å²) in [6.07, 6.45) is 0.226. The fourth-order valence-electron chi connectivity index (χ4n) is 1.09. The van der Waals surface area contributed by atoms with Crippen LogP contribution in [0.5, 0.6) is 5.75 Å². The number of ketones is 1. The molecule has 0 bridgehead atoms. The molecule has 0 aliphatic carbocycles. The average Bonchev–Trinajstić information content (AvgIpc) is 2.21. The van der Waals surface area contributed by atoms with Gasteiger partial charge in [-0.25, -0.2) is 0 Å². The predicted molar refractivity (Wildman–Crippen MR) is 63.9 cm³/mol. The molecule has 0 unspecified atom stereocenters. The van der Waals surface area contributed by atoms with E-state index in [1.165, 1.54) is 6.92 Å². The number of carbonyl (C=O) groups is 1. The van der Waals surface area contributed by atoms with Gasteiger partial charge in [-0.1, -0.05) is 23.2 Å². The summed E-state index contributed by atoms with van der Waals surface area (Å²) >= 11 is 11.6. The molecule has 0 aliphatic heterocycles. The topological polar surface area (TPSA) is 69.4 Å². The molecule has 0 spiro atoms. The Hall–Kier alpha value is -1.33. The third-order valence-electron chi connectivity index (χ3n) is 1.89. The first-order valence-corrected chi connectivity index (χ1v) is 5.43. The minimum absolute atomic E-state index is 0.0286. The second-order valence-corrected chi connectivity index (χ2v) is 4.11. The second-order valence-electron chi connectivity index (χ2n) is 3.30. The van der Waals surface area contributed by atoms with Crippen molar-refractivity contribution < 1.29 is 14.5 Å². The maximum Gasteiger partial charge on any atom is 0.272 e. The smallest absolute Gasteiger partial charge is 0.272 e. The maximum absolute atomic E-state index is 10.7. The number of hydrogen-bond donors (Lipinski definition) is 0. The lowest BCUT2D eigenvalue weighted by atomic mass is 10.3. The molecule has 0 radical (unpaired) electrons. The summed E-state index contributed by atoms with van der Waals surface area (Å²) in [6.45, 7) is 1.56. The van der Waals surface area contributed by atoms with Crippen LogP contribution in [0.4, 0.5) is 5.69 Å². The van der Waals surface area contributed by atoms with Crippen molar-refractivity contribution in [2.45, 2.75) is 13.3 Å². The first-order valence-electron chi connectivity index (χ1n) is 4.67. The highest BCUT2D eigenvalue weighted by Crippen LogP contribution is 2.36. The Morgan fingerprint density at radius 2 is 1.94 bits per heavy atom. The third kappa shape index (κ3) is 3.87. The van der Waals surface area contributed by atoms with Crippen molar-refractivity contribution >= 4 is 34.7 Å². The number of carbonyl (C=O) groups excluding carboxylic acids is 1. The number of ether oxygens (including phenoxy) is 1. The molecule has 0 fully saturated rings. The summed E-state index contributed by atoms with van der Waals surface area (Å²) in [5, 5.41) is 10.6. The number of nitrogens with zero attached hydrogens (tertiary/aromatic N) is 1. The van der Waals surface area contributed by atoms with E-state index in [0.717, 1.165) is 12.1 Å². The van der Waals surface area contributed by atoms with E-state index in [2.05, 4.69) is 0 Å². The molecule has 7 heteroatoms. The van der Waals surface area contributed by atoms with Gasteiger partial charge in [0.1, 0.15) is 5.78 Å². The van der Waals surface area contributed by atoms with Gasteiger partial charge < -0.3 is 4.74 Å². The van der Waals surface area contributed by atoms with Gasteiger partial charge in [-0.05, 0) is 6.92 Å². The van der Waals surface area contributed by atoms with Crippen molar-refractivity contribution in [2.24, 2.45) is 0 Å². The van der Waals surface area contributed by atoms with Crippen molar-refractivity contribution in [1.29, 1.82) is 0 Å². The molecule has 0 amide bonds. The van der Waals surface area contributed by atoms with Gasteiger partial charge in [0.05, 0.1) is 21.6 Å². The minimum atomic E-state index is -0.600.